The van der Waals surface area contributed by atoms with E-state index in [4.69, 9.17) is 5.73 Å². The number of hydrogen-bond donors (Lipinski definition) is 2. The molecule has 2 heterocycles. The molecule has 1 aliphatic rings. The standard InChI is InChI=1S/C16H26N4S.HI/c1-13(2)10-18-16(17)19-11-14-5-7-20(8-6-14)12-15-4-3-9-21-15;/h3-4,9,14H,1,5-8,10-12H2,2H3,(H3,17,18,19);1H. The van der Waals surface area contributed by atoms with Gasteiger partial charge >= 0.3 is 0 Å². The lowest BCUT2D eigenvalue weighted by Crippen LogP contribution is -2.40. The third kappa shape index (κ3) is 7.11. The summed E-state index contributed by atoms with van der Waals surface area (Å²) in [5.41, 5.74) is 6.87. The summed E-state index contributed by atoms with van der Waals surface area (Å²) in [6.45, 7) is 10.8. The Hall–Kier alpha value is -0.600. The Bertz CT molecular complexity index is 465. The molecule has 0 aromatic carbocycles. The molecule has 0 amide bonds. The topological polar surface area (TPSA) is 53.6 Å². The van der Waals surface area contributed by atoms with Crippen LogP contribution in [-0.4, -0.2) is 37.0 Å². The quantitative estimate of drug-likeness (QED) is 0.313. The highest BCUT2D eigenvalue weighted by molar-refractivity contribution is 14.0. The van der Waals surface area contributed by atoms with Gasteiger partial charge in [-0.15, -0.1) is 35.3 Å². The molecule has 0 bridgehead atoms. The molecule has 0 saturated carbocycles. The average Bonchev–Trinajstić information content (AvgIpc) is 2.97. The van der Waals surface area contributed by atoms with Gasteiger partial charge < -0.3 is 11.1 Å². The monoisotopic (exact) mass is 434 g/mol. The van der Waals surface area contributed by atoms with Gasteiger partial charge in [-0.05, 0) is 50.2 Å². The summed E-state index contributed by atoms with van der Waals surface area (Å²) in [5.74, 6) is 1.24. The van der Waals surface area contributed by atoms with Crippen LogP contribution in [-0.2, 0) is 6.54 Å². The second-order valence-electron chi connectivity index (χ2n) is 5.84. The Morgan fingerprint density at radius 2 is 2.23 bits per heavy atom. The Labute approximate surface area is 154 Å². The van der Waals surface area contributed by atoms with Crippen LogP contribution in [0.2, 0.25) is 0 Å². The normalized spacial score (nSPS) is 17.0. The van der Waals surface area contributed by atoms with Crippen molar-refractivity contribution < 1.29 is 0 Å². The second-order valence-corrected chi connectivity index (χ2v) is 6.87. The highest BCUT2D eigenvalue weighted by Crippen LogP contribution is 2.20. The number of halogens is 1. The van der Waals surface area contributed by atoms with E-state index in [0.717, 1.165) is 18.7 Å². The Kier molecular flexibility index (Phi) is 9.04. The summed E-state index contributed by atoms with van der Waals surface area (Å²) in [6.07, 6.45) is 2.46. The molecule has 22 heavy (non-hydrogen) atoms. The zero-order chi connectivity index (χ0) is 15.1. The van der Waals surface area contributed by atoms with Crippen molar-refractivity contribution in [3.63, 3.8) is 0 Å². The van der Waals surface area contributed by atoms with Crippen LogP contribution in [0, 0.1) is 5.92 Å². The van der Waals surface area contributed by atoms with E-state index in [-0.39, 0.29) is 24.0 Å². The van der Waals surface area contributed by atoms with Gasteiger partial charge in [-0.3, -0.25) is 4.90 Å². The molecule has 0 spiro atoms. The van der Waals surface area contributed by atoms with E-state index in [0.29, 0.717) is 18.4 Å². The fraction of sp³-hybridized carbons (Fsp3) is 0.562. The second kappa shape index (κ2) is 10.2. The van der Waals surface area contributed by atoms with Crippen LogP contribution in [0.4, 0.5) is 0 Å². The minimum Gasteiger partial charge on any atom is -0.370 e. The highest BCUT2D eigenvalue weighted by Gasteiger charge is 2.19. The average molecular weight is 434 g/mol. The third-order valence-electron chi connectivity index (χ3n) is 3.76. The van der Waals surface area contributed by atoms with Gasteiger partial charge in [0.2, 0.25) is 0 Å². The van der Waals surface area contributed by atoms with Crippen LogP contribution in [0.3, 0.4) is 0 Å². The number of likely N-dealkylation sites (tertiary alicyclic amines) is 1. The van der Waals surface area contributed by atoms with Gasteiger partial charge in [-0.25, -0.2) is 4.99 Å². The van der Waals surface area contributed by atoms with E-state index in [1.807, 2.05) is 18.3 Å². The molecule has 1 aliphatic heterocycles. The van der Waals surface area contributed by atoms with Crippen molar-refractivity contribution in [3.05, 3.63) is 34.5 Å². The van der Waals surface area contributed by atoms with Crippen molar-refractivity contribution in [2.24, 2.45) is 16.6 Å². The van der Waals surface area contributed by atoms with Gasteiger partial charge in [0.15, 0.2) is 5.96 Å². The lowest BCUT2D eigenvalue weighted by Gasteiger charge is -2.31. The molecule has 6 heteroatoms. The van der Waals surface area contributed by atoms with Gasteiger partial charge in [0.25, 0.3) is 0 Å². The number of aliphatic imine (C=N–C) groups is 1. The number of nitrogens with zero attached hydrogens (tertiary/aromatic N) is 2. The van der Waals surface area contributed by atoms with E-state index in [2.05, 4.69) is 39.3 Å². The van der Waals surface area contributed by atoms with Crippen LogP contribution in [0.25, 0.3) is 0 Å². The van der Waals surface area contributed by atoms with E-state index in [1.165, 1.54) is 30.8 Å². The summed E-state index contributed by atoms with van der Waals surface area (Å²) >= 11 is 1.85. The van der Waals surface area contributed by atoms with Crippen molar-refractivity contribution in [2.45, 2.75) is 26.3 Å². The number of thiophene rings is 1. The SMILES string of the molecule is C=C(C)CN=C(N)NCC1CCN(Cc2cccs2)CC1.I. The van der Waals surface area contributed by atoms with Gasteiger partial charge in [0.1, 0.15) is 0 Å². The predicted octanol–water partition coefficient (Wildman–Crippen LogP) is 3.06. The first-order chi connectivity index (χ1) is 10.1. The first-order valence-electron chi connectivity index (χ1n) is 7.56. The first-order valence-corrected chi connectivity index (χ1v) is 8.44. The number of nitrogens with two attached hydrogens (primary N) is 1. The maximum atomic E-state index is 5.85. The summed E-state index contributed by atoms with van der Waals surface area (Å²) in [4.78, 5) is 8.25. The molecule has 1 fully saturated rings. The highest BCUT2D eigenvalue weighted by atomic mass is 127. The minimum atomic E-state index is 0. The summed E-state index contributed by atoms with van der Waals surface area (Å²) in [5, 5.41) is 5.39. The smallest absolute Gasteiger partial charge is 0.188 e. The van der Waals surface area contributed by atoms with Crippen molar-refractivity contribution >= 4 is 41.3 Å². The maximum absolute atomic E-state index is 5.85. The number of piperidine rings is 1. The molecule has 124 valence electrons. The zero-order valence-electron chi connectivity index (χ0n) is 13.3. The summed E-state index contributed by atoms with van der Waals surface area (Å²) in [7, 11) is 0. The van der Waals surface area contributed by atoms with Crippen molar-refractivity contribution in [1.82, 2.24) is 10.2 Å². The van der Waals surface area contributed by atoms with Crippen LogP contribution < -0.4 is 11.1 Å². The molecule has 2 rings (SSSR count). The molecular formula is C16H27IN4S. The molecule has 4 nitrogen and oxygen atoms in total. The van der Waals surface area contributed by atoms with E-state index in [9.17, 15) is 0 Å². The maximum Gasteiger partial charge on any atom is 0.188 e. The summed E-state index contributed by atoms with van der Waals surface area (Å²) in [6, 6.07) is 4.35. The first kappa shape index (κ1) is 19.4. The number of hydrogen-bond acceptors (Lipinski definition) is 3. The van der Waals surface area contributed by atoms with E-state index in [1.54, 1.807) is 0 Å². The Morgan fingerprint density at radius 1 is 1.50 bits per heavy atom. The molecular weight excluding hydrogens is 407 g/mol. The zero-order valence-corrected chi connectivity index (χ0v) is 16.4. The molecule has 0 radical (unpaired) electrons. The van der Waals surface area contributed by atoms with Gasteiger partial charge in [0, 0.05) is 18.0 Å². The Morgan fingerprint density at radius 3 is 2.82 bits per heavy atom. The van der Waals surface area contributed by atoms with Crippen LogP contribution in [0.1, 0.15) is 24.6 Å². The Balaban J connectivity index is 0.00000242. The van der Waals surface area contributed by atoms with Crippen LogP contribution in [0.15, 0.2) is 34.7 Å². The van der Waals surface area contributed by atoms with Gasteiger partial charge in [-0.2, -0.15) is 0 Å². The van der Waals surface area contributed by atoms with E-state index < -0.39 is 0 Å². The van der Waals surface area contributed by atoms with Crippen LogP contribution in [0.5, 0.6) is 0 Å². The van der Waals surface area contributed by atoms with E-state index >= 15 is 0 Å². The molecule has 0 aliphatic carbocycles. The van der Waals surface area contributed by atoms with Crippen LogP contribution >= 0.6 is 35.3 Å². The molecule has 1 saturated heterocycles. The number of nitrogens with one attached hydrogen (secondary N) is 1. The van der Waals surface area contributed by atoms with Gasteiger partial charge in [0.05, 0.1) is 6.54 Å². The lowest BCUT2D eigenvalue weighted by atomic mass is 9.97. The van der Waals surface area contributed by atoms with Gasteiger partial charge in [-0.1, -0.05) is 18.2 Å². The number of guanidine groups is 1. The number of rotatable bonds is 6. The van der Waals surface area contributed by atoms with Crippen molar-refractivity contribution in [1.29, 1.82) is 0 Å². The fourth-order valence-electron chi connectivity index (χ4n) is 2.50. The molecule has 1 aromatic heterocycles. The molecule has 0 unspecified atom stereocenters. The third-order valence-corrected chi connectivity index (χ3v) is 4.62. The molecule has 0 atom stereocenters. The van der Waals surface area contributed by atoms with Crippen molar-refractivity contribution in [2.75, 3.05) is 26.2 Å². The summed E-state index contributed by atoms with van der Waals surface area (Å²) < 4.78 is 0. The largest absolute Gasteiger partial charge is 0.370 e. The lowest BCUT2D eigenvalue weighted by molar-refractivity contribution is 0.179. The fourth-order valence-corrected chi connectivity index (χ4v) is 3.24. The predicted molar refractivity (Wildman–Crippen MR) is 107 cm³/mol. The minimum absolute atomic E-state index is 0. The molecule has 3 N–H and O–H groups in total. The molecule has 1 aromatic rings. The van der Waals surface area contributed by atoms with Crippen molar-refractivity contribution in [3.8, 4) is 0 Å².